The molecule has 0 amide bonds. The fourth-order valence-corrected chi connectivity index (χ4v) is 24.7. The Bertz CT molecular complexity index is 7050. The fraction of sp³-hybridized carbons (Fsp3) is 0.179. The maximum atomic E-state index is 15.5. The second kappa shape index (κ2) is 29.6. The Morgan fingerprint density at radius 3 is 0.592 bits per heavy atom. The maximum Gasteiger partial charge on any atom is 0.462 e. The summed E-state index contributed by atoms with van der Waals surface area (Å²) >= 11 is 0. The number of aromatic nitrogens is 6. The van der Waals surface area contributed by atoms with E-state index in [0.717, 1.165) is 153 Å². The summed E-state index contributed by atoms with van der Waals surface area (Å²) in [7, 11) is -8.10. The lowest BCUT2D eigenvalue weighted by molar-refractivity contribution is 0.119. The van der Waals surface area contributed by atoms with Crippen molar-refractivity contribution in [3.8, 4) is 46.0 Å². The predicted octanol–water partition coefficient (Wildman–Crippen LogP) is 24.6. The average Bonchev–Trinajstić information content (AvgIpc) is 1.54. The summed E-state index contributed by atoms with van der Waals surface area (Å²) in [5.74, 6) is 4.63. The van der Waals surface area contributed by atoms with Crippen LogP contribution in [0.3, 0.4) is 0 Å². The van der Waals surface area contributed by atoms with Crippen molar-refractivity contribution in [1.29, 1.82) is 0 Å². The van der Waals surface area contributed by atoms with E-state index in [2.05, 4.69) is 279 Å². The Hall–Kier alpha value is -14.3. The molecular weight excluding hydrogens is 1650 g/mol. The number of hydrogen-bond acceptors (Lipinski definition) is 10. The third-order valence-electron chi connectivity index (χ3n) is 30.1. The number of allylic oxidation sites excluding steroid dienone is 8. The van der Waals surface area contributed by atoms with E-state index in [1.165, 1.54) is 11.1 Å². The summed E-state index contributed by atoms with van der Waals surface area (Å²) in [6.45, 7) is 18.4. The van der Waals surface area contributed by atoms with Gasteiger partial charge in [0.2, 0.25) is 13.6 Å². The minimum Gasteiger partial charge on any atom is -0.457 e. The lowest BCUT2D eigenvalue weighted by Crippen LogP contribution is -2.32. The van der Waals surface area contributed by atoms with E-state index in [4.69, 9.17) is 37.0 Å². The van der Waals surface area contributed by atoms with Gasteiger partial charge in [0.05, 0.1) is 53.9 Å². The van der Waals surface area contributed by atoms with Crippen LogP contribution in [0.5, 0.6) is 46.0 Å². The topological polar surface area (TPSA) is 203 Å². The summed E-state index contributed by atoms with van der Waals surface area (Å²) in [6, 6.07) is 110. The van der Waals surface area contributed by atoms with Gasteiger partial charge in [-0.1, -0.05) is 158 Å². The molecule has 644 valence electrons. The monoisotopic (exact) mass is 1750 g/mol. The zero-order valence-electron chi connectivity index (χ0n) is 73.3. The van der Waals surface area contributed by atoms with Crippen LogP contribution in [0.25, 0.3) is 0 Å². The first-order valence-corrected chi connectivity index (χ1v) is 47.5. The Kier molecular flexibility index (Phi) is 18.3. The van der Waals surface area contributed by atoms with E-state index in [-0.39, 0.29) is 13.6 Å². The number of aromatic amines is 6. The van der Waals surface area contributed by atoms with Gasteiger partial charge in [-0.25, -0.2) is 9.13 Å². The lowest BCUT2D eigenvalue weighted by Gasteiger charge is -2.37. The number of H-pyrrole nitrogens is 6. The van der Waals surface area contributed by atoms with Gasteiger partial charge in [-0.2, -0.15) is 0 Å². The molecule has 0 radical (unpaired) electrons. The Balaban J connectivity index is 0.000000152. The highest BCUT2D eigenvalue weighted by atomic mass is 31.2. The van der Waals surface area contributed by atoms with Gasteiger partial charge in [0, 0.05) is 68.3 Å². The number of ether oxygens (including phenoxy) is 4. The lowest BCUT2D eigenvalue weighted by atomic mass is 9.68. The molecule has 0 fully saturated rings. The van der Waals surface area contributed by atoms with Gasteiger partial charge in [-0.05, 0) is 329 Å². The largest absolute Gasteiger partial charge is 0.462 e. The summed E-state index contributed by atoms with van der Waals surface area (Å²) in [5.41, 5.74) is 19.4. The molecule has 8 aliphatic rings. The quantitative estimate of drug-likeness (QED) is 0.0904. The van der Waals surface area contributed by atoms with E-state index >= 15 is 9.13 Å². The molecule has 16 nitrogen and oxygen atoms in total. The van der Waals surface area contributed by atoms with Crippen LogP contribution in [0, 0.1) is 0 Å². The van der Waals surface area contributed by atoms with Crippen molar-refractivity contribution in [2.24, 2.45) is 0 Å². The molecule has 0 spiro atoms. The van der Waals surface area contributed by atoms with Gasteiger partial charge < -0.3 is 66.9 Å². The van der Waals surface area contributed by atoms with Crippen molar-refractivity contribution in [1.82, 2.24) is 29.9 Å². The molecule has 0 saturated heterocycles. The first-order chi connectivity index (χ1) is 62.9. The van der Waals surface area contributed by atoms with Crippen LogP contribution in [0.1, 0.15) is 181 Å². The number of rotatable bonds is 2. The summed E-state index contributed by atoms with van der Waals surface area (Å²) < 4.78 is 82.9. The standard InChI is InChI=1S/C61H51N3O6P2.C51H45N3O4/c1-58-40-15-11-19-46(36-40)67-71(65,50-23-7-5-8-24-50)69-48-21-13-17-42(38-48)60(3,54-31-29-52(58)62-54)56-33-34-57(64-56)61(4)43-18-14-22-49(39-43)70-72(66,51-25-9-6-10-26-51)68-47-20-12-16-41(37-47)59(2,45-28-27-44(58)35-45)53-30-32-55(61)63-53;1-48-32-9-5-13-38(26-32)55-30-57-40-15-7-11-34(28-40)50(3,44-21-19-42(48)52-44)46-23-24-47(54-46)51(4)35-12-8-16-41(29-35)58-31-56-39-14-6-10-33(27-39)49(2,37-18-17-36(48)25-37)43-20-22-45(51)53-43/h5-34,36-39,62-64H,35H2,1-4H3;5-24,26-29,52-54H,25,30-31H2,1-4H3. The van der Waals surface area contributed by atoms with Crippen LogP contribution in [0.15, 0.2) is 374 Å². The van der Waals surface area contributed by atoms with Crippen molar-refractivity contribution in [3.05, 3.63) is 487 Å². The van der Waals surface area contributed by atoms with Crippen molar-refractivity contribution in [2.45, 2.75) is 112 Å². The summed E-state index contributed by atoms with van der Waals surface area (Å²) in [4.78, 5) is 24.2. The molecule has 10 unspecified atom stereocenters. The van der Waals surface area contributed by atoms with Crippen LogP contribution in [-0.2, 0) is 52.5 Å². The molecule has 130 heavy (non-hydrogen) atoms. The van der Waals surface area contributed by atoms with Crippen LogP contribution in [0.2, 0.25) is 0 Å². The normalized spacial score (nSPS) is 26.2. The number of hydrogen-bond donors (Lipinski definition) is 6. The minimum atomic E-state index is -4.05. The van der Waals surface area contributed by atoms with Gasteiger partial charge in [0.15, 0.2) is 0 Å². The molecule has 16 aromatic rings. The van der Waals surface area contributed by atoms with Gasteiger partial charge in [0.25, 0.3) is 0 Å². The van der Waals surface area contributed by atoms with Gasteiger partial charge in [-0.3, -0.25) is 0 Å². The van der Waals surface area contributed by atoms with Crippen molar-refractivity contribution >= 4 is 25.8 Å². The number of fused-ring (bicyclic) bond motifs is 40. The molecule has 24 rings (SSSR count). The highest BCUT2D eigenvalue weighted by Gasteiger charge is 2.51. The Labute approximate surface area is 755 Å². The molecule has 6 N–H and O–H groups in total. The highest BCUT2D eigenvalue weighted by Crippen LogP contribution is 2.59. The molecule has 10 aromatic carbocycles. The first kappa shape index (κ1) is 80.3. The van der Waals surface area contributed by atoms with Crippen LogP contribution >= 0.6 is 15.2 Å². The van der Waals surface area contributed by atoms with Gasteiger partial charge >= 0.3 is 15.2 Å². The SMILES string of the molecule is CC12C3=CC=C(C3)C3(C)c4cccc(c4)OCOc4cccc(c4)C(C)(c4ccc3[nH]4)c3ccc([nH]3)C(C)(c3cccc(c3)OCOc3cccc1c3)c1ccc2[nH]1.CC12C3=CC=C(C3)C3(C)c4cccc(c4)OP(=O)(c4ccccc4)Oc4cccc(c4)C(C)(c4ccc3[nH]4)c3ccc([nH]3)C(C)(c3cccc(c3)OP(=O)(c3ccccc3)Oc3cccc1c3)c1ccc2[nH]1. The van der Waals surface area contributed by atoms with Crippen LogP contribution in [-0.4, -0.2) is 43.5 Å². The molecular formula is C112H96N6O10P2. The highest BCUT2D eigenvalue weighted by molar-refractivity contribution is 7.63. The molecule has 6 aromatic heterocycles. The predicted molar refractivity (Wildman–Crippen MR) is 508 cm³/mol. The van der Waals surface area contributed by atoms with Gasteiger partial charge in [-0.15, -0.1) is 0 Å². The fourth-order valence-electron chi connectivity index (χ4n) is 21.6. The molecule has 0 saturated carbocycles. The van der Waals surface area contributed by atoms with Crippen molar-refractivity contribution in [3.63, 3.8) is 0 Å². The van der Waals surface area contributed by atoms with Gasteiger partial charge in [0.1, 0.15) is 46.0 Å². The first-order valence-electron chi connectivity index (χ1n) is 44.4. The second-order valence-electron chi connectivity index (χ2n) is 36.9. The Morgan fingerprint density at radius 1 is 0.208 bits per heavy atom. The van der Waals surface area contributed by atoms with Crippen molar-refractivity contribution in [2.75, 3.05) is 13.6 Å². The second-order valence-corrected chi connectivity index (χ2v) is 40.7. The molecule has 10 atom stereocenters. The third-order valence-corrected chi connectivity index (χ3v) is 33.8. The van der Waals surface area contributed by atoms with Crippen molar-refractivity contribution < 1.29 is 46.2 Å². The molecule has 2 aliphatic carbocycles. The smallest absolute Gasteiger partial charge is 0.457 e. The van der Waals surface area contributed by atoms with Crippen LogP contribution in [0.4, 0.5) is 0 Å². The van der Waals surface area contributed by atoms with E-state index in [1.807, 2.05) is 133 Å². The average molecular weight is 1750 g/mol. The molecule has 18 heteroatoms. The van der Waals surface area contributed by atoms with E-state index in [1.54, 1.807) is 24.3 Å². The summed E-state index contributed by atoms with van der Waals surface area (Å²) in [5, 5.41) is 0.886. The minimum absolute atomic E-state index is 0.0878. The number of benzene rings is 10. The zero-order chi connectivity index (χ0) is 88.4. The third kappa shape index (κ3) is 12.4. The zero-order valence-corrected chi connectivity index (χ0v) is 75.1. The van der Waals surface area contributed by atoms with Crippen LogP contribution < -0.4 is 47.7 Å². The van der Waals surface area contributed by atoms with E-state index < -0.39 is 58.5 Å². The maximum absolute atomic E-state index is 15.5. The molecule has 6 aliphatic heterocycles. The molecule has 40 bridgehead atoms. The Morgan fingerprint density at radius 2 is 0.385 bits per heavy atom. The van der Waals surface area contributed by atoms with E-state index in [9.17, 15) is 0 Å². The van der Waals surface area contributed by atoms with E-state index in [0.29, 0.717) is 40.0 Å². The summed E-state index contributed by atoms with van der Waals surface area (Å²) in [6.07, 6.45) is 10.5. The molecule has 12 heterocycles. The number of nitrogens with one attached hydrogen (secondary N) is 6.